The first kappa shape index (κ1) is 18.4. The van der Waals surface area contributed by atoms with Gasteiger partial charge in [-0.25, -0.2) is 0 Å². The van der Waals surface area contributed by atoms with Crippen molar-refractivity contribution in [3.8, 4) is 0 Å². The molecule has 124 valence electrons. The second-order valence-electron chi connectivity index (χ2n) is 6.14. The highest BCUT2D eigenvalue weighted by atomic mass is 16.5. The molecular weight excluding hydrogens is 268 g/mol. The van der Waals surface area contributed by atoms with Crippen LogP contribution in [0.25, 0.3) is 0 Å². The molecule has 2 atom stereocenters. The second kappa shape index (κ2) is 10.1. The van der Waals surface area contributed by atoms with E-state index in [1.807, 2.05) is 6.92 Å². The number of carbonyl (C=O) groups is 1. The van der Waals surface area contributed by atoms with E-state index in [2.05, 4.69) is 12.2 Å². The van der Waals surface area contributed by atoms with E-state index in [0.717, 1.165) is 51.9 Å². The van der Waals surface area contributed by atoms with Crippen LogP contribution >= 0.6 is 0 Å². The SMILES string of the molecule is CCCNC(C)(CCCCOCC1CCCCO1)C(N)=O. The van der Waals surface area contributed by atoms with Crippen LogP contribution < -0.4 is 11.1 Å². The Morgan fingerprint density at radius 2 is 2.24 bits per heavy atom. The molecule has 3 N–H and O–H groups in total. The maximum Gasteiger partial charge on any atom is 0.237 e. The lowest BCUT2D eigenvalue weighted by atomic mass is 9.94. The molecule has 5 nitrogen and oxygen atoms in total. The summed E-state index contributed by atoms with van der Waals surface area (Å²) >= 11 is 0. The molecule has 1 rings (SSSR count). The fraction of sp³-hybridized carbons (Fsp3) is 0.938. The summed E-state index contributed by atoms with van der Waals surface area (Å²) in [6, 6.07) is 0. The quantitative estimate of drug-likeness (QED) is 0.572. The molecule has 1 fully saturated rings. The Balaban J connectivity index is 2.09. The largest absolute Gasteiger partial charge is 0.379 e. The Morgan fingerprint density at radius 1 is 1.43 bits per heavy atom. The van der Waals surface area contributed by atoms with Crippen molar-refractivity contribution in [3.05, 3.63) is 0 Å². The molecule has 0 spiro atoms. The monoisotopic (exact) mass is 300 g/mol. The zero-order chi connectivity index (χ0) is 15.6. The Kier molecular flexibility index (Phi) is 8.88. The van der Waals surface area contributed by atoms with E-state index < -0.39 is 5.54 Å². The Bertz CT molecular complexity index is 293. The molecule has 0 aliphatic carbocycles. The van der Waals surface area contributed by atoms with Crippen molar-refractivity contribution in [2.45, 2.75) is 70.4 Å². The molecule has 5 heteroatoms. The number of carbonyl (C=O) groups excluding carboxylic acids is 1. The molecule has 1 amide bonds. The van der Waals surface area contributed by atoms with Crippen LogP contribution in [0.5, 0.6) is 0 Å². The lowest BCUT2D eigenvalue weighted by Gasteiger charge is -2.27. The third-order valence-electron chi connectivity index (χ3n) is 4.10. The van der Waals surface area contributed by atoms with Crippen molar-refractivity contribution in [3.63, 3.8) is 0 Å². The number of hydrogen-bond donors (Lipinski definition) is 2. The number of amides is 1. The highest BCUT2D eigenvalue weighted by Gasteiger charge is 2.29. The third-order valence-corrected chi connectivity index (χ3v) is 4.10. The van der Waals surface area contributed by atoms with Gasteiger partial charge in [0.2, 0.25) is 5.91 Å². The summed E-state index contributed by atoms with van der Waals surface area (Å²) in [5.41, 5.74) is 4.91. The van der Waals surface area contributed by atoms with E-state index >= 15 is 0 Å². The van der Waals surface area contributed by atoms with Crippen LogP contribution in [0.1, 0.15) is 58.8 Å². The Hall–Kier alpha value is -0.650. The van der Waals surface area contributed by atoms with Crippen LogP contribution in [0.4, 0.5) is 0 Å². The number of hydrogen-bond acceptors (Lipinski definition) is 4. The molecule has 1 aliphatic rings. The molecule has 0 radical (unpaired) electrons. The summed E-state index contributed by atoms with van der Waals surface area (Å²) in [5.74, 6) is -0.271. The first-order chi connectivity index (χ1) is 10.1. The molecule has 0 aromatic rings. The zero-order valence-corrected chi connectivity index (χ0v) is 13.7. The van der Waals surface area contributed by atoms with Crippen LogP contribution in [0.3, 0.4) is 0 Å². The lowest BCUT2D eigenvalue weighted by Crippen LogP contribution is -2.53. The van der Waals surface area contributed by atoms with Crippen LogP contribution in [0.2, 0.25) is 0 Å². The van der Waals surface area contributed by atoms with Gasteiger partial charge in [-0.15, -0.1) is 0 Å². The smallest absolute Gasteiger partial charge is 0.237 e. The summed E-state index contributed by atoms with van der Waals surface area (Å²) in [5, 5.41) is 3.25. The van der Waals surface area contributed by atoms with E-state index in [9.17, 15) is 4.79 Å². The van der Waals surface area contributed by atoms with Gasteiger partial charge in [0.1, 0.15) is 0 Å². The summed E-state index contributed by atoms with van der Waals surface area (Å²) in [6.07, 6.45) is 7.44. The summed E-state index contributed by atoms with van der Waals surface area (Å²) in [6.45, 7) is 7.07. The molecule has 0 aromatic heterocycles. The molecule has 0 saturated carbocycles. The summed E-state index contributed by atoms with van der Waals surface area (Å²) in [4.78, 5) is 11.6. The topological polar surface area (TPSA) is 73.6 Å². The molecule has 2 unspecified atom stereocenters. The van der Waals surface area contributed by atoms with Gasteiger partial charge in [-0.05, 0) is 58.4 Å². The van der Waals surface area contributed by atoms with Gasteiger partial charge in [0.05, 0.1) is 18.2 Å². The highest BCUT2D eigenvalue weighted by molar-refractivity contribution is 5.84. The normalized spacial score (nSPS) is 21.9. The zero-order valence-electron chi connectivity index (χ0n) is 13.7. The second-order valence-corrected chi connectivity index (χ2v) is 6.14. The van der Waals surface area contributed by atoms with Gasteiger partial charge in [-0.2, -0.15) is 0 Å². The van der Waals surface area contributed by atoms with Gasteiger partial charge in [-0.1, -0.05) is 6.92 Å². The average molecular weight is 300 g/mol. The first-order valence-electron chi connectivity index (χ1n) is 8.33. The van der Waals surface area contributed by atoms with Gasteiger partial charge in [0.25, 0.3) is 0 Å². The number of unbranched alkanes of at least 4 members (excludes halogenated alkanes) is 1. The van der Waals surface area contributed by atoms with Crippen molar-refractivity contribution < 1.29 is 14.3 Å². The summed E-state index contributed by atoms with van der Waals surface area (Å²) in [7, 11) is 0. The van der Waals surface area contributed by atoms with Crippen molar-refractivity contribution in [1.29, 1.82) is 0 Å². The molecule has 0 aromatic carbocycles. The minimum Gasteiger partial charge on any atom is -0.379 e. The highest BCUT2D eigenvalue weighted by Crippen LogP contribution is 2.15. The molecule has 1 heterocycles. The fourth-order valence-electron chi connectivity index (χ4n) is 2.54. The summed E-state index contributed by atoms with van der Waals surface area (Å²) < 4.78 is 11.3. The molecular formula is C16H32N2O3. The van der Waals surface area contributed by atoms with Gasteiger partial charge < -0.3 is 20.5 Å². The molecule has 1 aliphatic heterocycles. The number of ether oxygens (including phenoxy) is 2. The molecule has 1 saturated heterocycles. The lowest BCUT2D eigenvalue weighted by molar-refractivity contribution is -0.124. The maximum atomic E-state index is 11.6. The van der Waals surface area contributed by atoms with Gasteiger partial charge in [0, 0.05) is 13.2 Å². The van der Waals surface area contributed by atoms with Gasteiger partial charge in [0.15, 0.2) is 0 Å². The van der Waals surface area contributed by atoms with E-state index in [1.54, 1.807) is 0 Å². The Labute approximate surface area is 128 Å². The van der Waals surface area contributed by atoms with E-state index in [0.29, 0.717) is 6.61 Å². The van der Waals surface area contributed by atoms with E-state index in [4.69, 9.17) is 15.2 Å². The minimum atomic E-state index is -0.595. The minimum absolute atomic E-state index is 0.271. The van der Waals surface area contributed by atoms with Crippen LogP contribution in [0, 0.1) is 0 Å². The Morgan fingerprint density at radius 3 is 2.86 bits per heavy atom. The predicted molar refractivity (Wildman–Crippen MR) is 84.2 cm³/mol. The number of rotatable bonds is 11. The number of nitrogens with one attached hydrogen (secondary N) is 1. The standard InChI is InChI=1S/C16H32N2O3/c1-3-10-18-16(2,15(17)19)9-5-7-11-20-13-14-8-4-6-12-21-14/h14,18H,3-13H2,1-2H3,(H2,17,19). The maximum absolute atomic E-state index is 11.6. The van der Waals surface area contributed by atoms with Crippen molar-refractivity contribution in [1.82, 2.24) is 5.32 Å². The van der Waals surface area contributed by atoms with E-state index in [-0.39, 0.29) is 12.0 Å². The fourth-order valence-corrected chi connectivity index (χ4v) is 2.54. The number of primary amides is 1. The molecule has 0 bridgehead atoms. The van der Waals surface area contributed by atoms with E-state index in [1.165, 1.54) is 12.8 Å². The third kappa shape index (κ3) is 7.25. The van der Waals surface area contributed by atoms with Crippen molar-refractivity contribution in [2.24, 2.45) is 5.73 Å². The van der Waals surface area contributed by atoms with Crippen LogP contribution in [-0.2, 0) is 14.3 Å². The van der Waals surface area contributed by atoms with Crippen LogP contribution in [0.15, 0.2) is 0 Å². The average Bonchev–Trinajstić information content (AvgIpc) is 2.49. The van der Waals surface area contributed by atoms with Crippen molar-refractivity contribution >= 4 is 5.91 Å². The first-order valence-corrected chi connectivity index (χ1v) is 8.33. The van der Waals surface area contributed by atoms with Crippen molar-refractivity contribution in [2.75, 3.05) is 26.4 Å². The number of nitrogens with two attached hydrogens (primary N) is 1. The van der Waals surface area contributed by atoms with Gasteiger partial charge in [-0.3, -0.25) is 4.79 Å². The molecule has 21 heavy (non-hydrogen) atoms. The van der Waals surface area contributed by atoms with Crippen LogP contribution in [-0.4, -0.2) is 43.9 Å². The van der Waals surface area contributed by atoms with Gasteiger partial charge >= 0.3 is 0 Å². The predicted octanol–water partition coefficient (Wildman–Crippen LogP) is 1.99.